The number of nitrogens with one attached hydrogen (secondary N) is 1. The van der Waals surface area contributed by atoms with Crippen LogP contribution in [0.3, 0.4) is 0 Å². The molecule has 1 aromatic heterocycles. The molecule has 104 valence electrons. The van der Waals surface area contributed by atoms with Gasteiger partial charge in [0.25, 0.3) is 5.56 Å². The summed E-state index contributed by atoms with van der Waals surface area (Å²) in [4.78, 5) is 19.3. The van der Waals surface area contributed by atoms with E-state index in [1.54, 1.807) is 0 Å². The van der Waals surface area contributed by atoms with E-state index in [4.69, 9.17) is 0 Å². The number of benzene rings is 1. The highest BCUT2D eigenvalue weighted by atomic mass is 16.3. The van der Waals surface area contributed by atoms with Crippen LogP contribution < -0.4 is 5.56 Å². The molecule has 20 heavy (non-hydrogen) atoms. The lowest BCUT2D eigenvalue weighted by atomic mass is 10.0. The first kappa shape index (κ1) is 12.9. The standard InChI is InChI=1S/C16H18N2O2/c1-9-6-4-5-7-10(9)12-14(19)17-13(18-15(12)20)11-8-16(11,2)3/h4-7,11H,8H2,1-3H3,(H2,17,18,19,20). The lowest BCUT2D eigenvalue weighted by Crippen LogP contribution is -2.14. The number of aromatic nitrogens is 2. The summed E-state index contributed by atoms with van der Waals surface area (Å²) in [6, 6.07) is 7.48. The second kappa shape index (κ2) is 4.20. The van der Waals surface area contributed by atoms with Crippen LogP contribution in [0.2, 0.25) is 0 Å². The molecule has 2 N–H and O–H groups in total. The predicted octanol–water partition coefficient (Wildman–Crippen LogP) is 2.96. The van der Waals surface area contributed by atoms with E-state index in [-0.39, 0.29) is 28.3 Å². The molecular formula is C16H18N2O2. The van der Waals surface area contributed by atoms with E-state index in [1.165, 1.54) is 0 Å². The number of hydrogen-bond acceptors (Lipinski definition) is 3. The Labute approximate surface area is 117 Å². The smallest absolute Gasteiger partial charge is 0.262 e. The maximum Gasteiger partial charge on any atom is 0.262 e. The lowest BCUT2D eigenvalue weighted by Gasteiger charge is -2.09. The van der Waals surface area contributed by atoms with Crippen molar-refractivity contribution < 1.29 is 5.11 Å². The van der Waals surface area contributed by atoms with E-state index < -0.39 is 0 Å². The second-order valence-corrected chi connectivity index (χ2v) is 6.21. The molecule has 1 atom stereocenters. The van der Waals surface area contributed by atoms with Gasteiger partial charge in [-0.15, -0.1) is 0 Å². The van der Waals surface area contributed by atoms with Crippen LogP contribution in [0.4, 0.5) is 0 Å². The summed E-state index contributed by atoms with van der Waals surface area (Å²) >= 11 is 0. The van der Waals surface area contributed by atoms with Gasteiger partial charge >= 0.3 is 0 Å². The summed E-state index contributed by atoms with van der Waals surface area (Å²) in [7, 11) is 0. The van der Waals surface area contributed by atoms with Crippen molar-refractivity contribution in [3.05, 3.63) is 46.0 Å². The number of rotatable bonds is 2. The topological polar surface area (TPSA) is 66.0 Å². The van der Waals surface area contributed by atoms with Crippen molar-refractivity contribution in [3.63, 3.8) is 0 Å². The van der Waals surface area contributed by atoms with Gasteiger partial charge in [-0.2, -0.15) is 4.98 Å². The molecule has 1 aliphatic rings. The molecule has 1 fully saturated rings. The fraction of sp³-hybridized carbons (Fsp3) is 0.375. The van der Waals surface area contributed by atoms with Crippen molar-refractivity contribution in [3.8, 4) is 17.0 Å². The number of nitrogens with zero attached hydrogens (tertiary/aromatic N) is 1. The van der Waals surface area contributed by atoms with Gasteiger partial charge in [-0.05, 0) is 29.9 Å². The van der Waals surface area contributed by atoms with Crippen LogP contribution in [0.25, 0.3) is 11.1 Å². The molecule has 1 aromatic carbocycles. The highest BCUT2D eigenvalue weighted by molar-refractivity contribution is 5.70. The molecule has 3 rings (SSSR count). The highest BCUT2D eigenvalue weighted by Crippen LogP contribution is 2.57. The molecule has 4 heteroatoms. The number of aromatic amines is 1. The van der Waals surface area contributed by atoms with Gasteiger partial charge in [0.05, 0.1) is 0 Å². The average molecular weight is 270 g/mol. The summed E-state index contributed by atoms with van der Waals surface area (Å²) in [5.41, 5.74) is 1.80. The van der Waals surface area contributed by atoms with Crippen LogP contribution >= 0.6 is 0 Å². The molecule has 0 aliphatic heterocycles. The molecule has 0 bridgehead atoms. The largest absolute Gasteiger partial charge is 0.493 e. The lowest BCUT2D eigenvalue weighted by molar-refractivity contribution is 0.448. The van der Waals surface area contributed by atoms with E-state index in [0.717, 1.165) is 17.5 Å². The van der Waals surface area contributed by atoms with Crippen LogP contribution in [0.5, 0.6) is 5.88 Å². The number of H-pyrrole nitrogens is 1. The Kier molecular flexibility index (Phi) is 2.71. The zero-order chi connectivity index (χ0) is 14.5. The van der Waals surface area contributed by atoms with Crippen molar-refractivity contribution in [1.29, 1.82) is 0 Å². The van der Waals surface area contributed by atoms with Gasteiger partial charge in [-0.3, -0.25) is 4.79 Å². The maximum atomic E-state index is 12.3. The molecular weight excluding hydrogens is 252 g/mol. The summed E-state index contributed by atoms with van der Waals surface area (Å²) in [5, 5.41) is 10.2. The minimum Gasteiger partial charge on any atom is -0.493 e. The van der Waals surface area contributed by atoms with E-state index in [2.05, 4.69) is 23.8 Å². The Balaban J connectivity index is 2.11. The van der Waals surface area contributed by atoms with Gasteiger partial charge < -0.3 is 10.1 Å². The Morgan fingerprint density at radius 2 is 2.00 bits per heavy atom. The zero-order valence-electron chi connectivity index (χ0n) is 11.9. The van der Waals surface area contributed by atoms with Crippen LogP contribution in [0.1, 0.15) is 37.6 Å². The fourth-order valence-corrected chi connectivity index (χ4v) is 2.67. The third kappa shape index (κ3) is 2.01. The molecule has 1 heterocycles. The van der Waals surface area contributed by atoms with Gasteiger partial charge in [-0.1, -0.05) is 38.1 Å². The van der Waals surface area contributed by atoms with Crippen molar-refractivity contribution in [2.75, 3.05) is 0 Å². The summed E-state index contributed by atoms with van der Waals surface area (Å²) in [5.74, 6) is 0.641. The average Bonchev–Trinajstić information content (AvgIpc) is 3.00. The molecule has 1 unspecified atom stereocenters. The highest BCUT2D eigenvalue weighted by Gasteiger charge is 2.48. The van der Waals surface area contributed by atoms with E-state index in [1.807, 2.05) is 31.2 Å². The molecule has 0 spiro atoms. The van der Waals surface area contributed by atoms with E-state index >= 15 is 0 Å². The van der Waals surface area contributed by atoms with Crippen molar-refractivity contribution in [1.82, 2.24) is 9.97 Å². The predicted molar refractivity (Wildman–Crippen MR) is 77.8 cm³/mol. The molecule has 1 aliphatic carbocycles. The van der Waals surface area contributed by atoms with Crippen LogP contribution in [-0.4, -0.2) is 15.1 Å². The third-order valence-electron chi connectivity index (χ3n) is 4.18. The normalized spacial score (nSPS) is 19.9. The summed E-state index contributed by atoms with van der Waals surface area (Å²) in [6.07, 6.45) is 0.985. The third-order valence-corrected chi connectivity index (χ3v) is 4.18. The zero-order valence-corrected chi connectivity index (χ0v) is 11.9. The van der Waals surface area contributed by atoms with Gasteiger partial charge in [0.2, 0.25) is 5.88 Å². The van der Waals surface area contributed by atoms with E-state index in [0.29, 0.717) is 5.82 Å². The SMILES string of the molecule is Cc1ccccc1-c1c(O)nc(C2CC2(C)C)[nH]c1=O. The summed E-state index contributed by atoms with van der Waals surface area (Å²) in [6.45, 7) is 6.17. The molecule has 0 saturated heterocycles. The second-order valence-electron chi connectivity index (χ2n) is 6.21. The Hall–Kier alpha value is -2.10. The van der Waals surface area contributed by atoms with Gasteiger partial charge in [0.15, 0.2) is 0 Å². The number of aromatic hydroxyl groups is 1. The van der Waals surface area contributed by atoms with Crippen LogP contribution in [0, 0.1) is 12.3 Å². The minimum atomic E-state index is -0.274. The van der Waals surface area contributed by atoms with Crippen LogP contribution in [0.15, 0.2) is 29.1 Å². The quantitative estimate of drug-likeness (QED) is 0.881. The first-order valence-electron chi connectivity index (χ1n) is 6.79. The Bertz CT molecular complexity index is 731. The first-order valence-corrected chi connectivity index (χ1v) is 6.79. The Morgan fingerprint density at radius 3 is 2.55 bits per heavy atom. The van der Waals surface area contributed by atoms with Gasteiger partial charge in [0.1, 0.15) is 11.4 Å². The molecule has 1 saturated carbocycles. The molecule has 0 amide bonds. The number of aryl methyl sites for hydroxylation is 1. The molecule has 0 radical (unpaired) electrons. The first-order chi connectivity index (χ1) is 9.40. The summed E-state index contributed by atoms with van der Waals surface area (Å²) < 4.78 is 0. The van der Waals surface area contributed by atoms with Crippen molar-refractivity contribution in [2.45, 2.75) is 33.1 Å². The van der Waals surface area contributed by atoms with Gasteiger partial charge in [0, 0.05) is 5.92 Å². The Morgan fingerprint density at radius 1 is 1.35 bits per heavy atom. The maximum absolute atomic E-state index is 12.3. The van der Waals surface area contributed by atoms with Crippen molar-refractivity contribution in [2.24, 2.45) is 5.41 Å². The monoisotopic (exact) mass is 270 g/mol. The van der Waals surface area contributed by atoms with Crippen LogP contribution in [-0.2, 0) is 0 Å². The molecule has 2 aromatic rings. The van der Waals surface area contributed by atoms with Gasteiger partial charge in [-0.25, -0.2) is 0 Å². The molecule has 4 nitrogen and oxygen atoms in total. The minimum absolute atomic E-state index is 0.159. The van der Waals surface area contributed by atoms with E-state index in [9.17, 15) is 9.90 Å². The number of hydrogen-bond donors (Lipinski definition) is 2. The fourth-order valence-electron chi connectivity index (χ4n) is 2.67. The van der Waals surface area contributed by atoms with Crippen molar-refractivity contribution >= 4 is 0 Å².